The highest BCUT2D eigenvalue weighted by Gasteiger charge is 2.13. The Balaban J connectivity index is 1.93. The molecule has 20 heavy (non-hydrogen) atoms. The van der Waals surface area contributed by atoms with Gasteiger partial charge in [0.25, 0.3) is 0 Å². The van der Waals surface area contributed by atoms with Crippen molar-refractivity contribution in [1.82, 2.24) is 4.90 Å². The first-order chi connectivity index (χ1) is 9.58. The highest BCUT2D eigenvalue weighted by molar-refractivity contribution is 7.80. The smallest absolute Gasteiger partial charge is 0.150 e. The fourth-order valence-corrected chi connectivity index (χ4v) is 2.52. The molecule has 0 atom stereocenters. The molecule has 3 N–H and O–H groups in total. The minimum Gasteiger partial charge on any atom is -0.389 e. The lowest BCUT2D eigenvalue weighted by Crippen LogP contribution is -2.33. The molecule has 1 saturated heterocycles. The zero-order valence-electron chi connectivity index (χ0n) is 11.3. The van der Waals surface area contributed by atoms with Crippen LogP contribution in [0, 0.1) is 11.6 Å². The molecule has 0 spiro atoms. The molecule has 1 fully saturated rings. The van der Waals surface area contributed by atoms with Gasteiger partial charge in [-0.05, 0) is 38.1 Å². The zero-order valence-corrected chi connectivity index (χ0v) is 12.1. The second-order valence-electron chi connectivity index (χ2n) is 5.01. The molecule has 1 aromatic carbocycles. The van der Waals surface area contributed by atoms with Gasteiger partial charge in [0.05, 0.1) is 0 Å². The summed E-state index contributed by atoms with van der Waals surface area (Å²) in [4.78, 5) is 2.29. The van der Waals surface area contributed by atoms with Crippen LogP contribution < -0.4 is 11.1 Å². The van der Waals surface area contributed by atoms with Crippen LogP contribution in [-0.2, 0) is 0 Å². The number of nitrogens with two attached hydrogens (primary N) is 1. The van der Waals surface area contributed by atoms with Crippen LogP contribution in [0.1, 0.15) is 24.8 Å². The Morgan fingerprint density at radius 3 is 2.35 bits per heavy atom. The van der Waals surface area contributed by atoms with E-state index in [-0.39, 0.29) is 16.2 Å². The monoisotopic (exact) mass is 299 g/mol. The van der Waals surface area contributed by atoms with Crippen LogP contribution in [0.25, 0.3) is 0 Å². The molecule has 2 rings (SSSR count). The van der Waals surface area contributed by atoms with Crippen LogP contribution in [0.2, 0.25) is 0 Å². The third-order valence-corrected chi connectivity index (χ3v) is 3.74. The number of benzene rings is 1. The number of hydrogen-bond acceptors (Lipinski definition) is 3. The van der Waals surface area contributed by atoms with Gasteiger partial charge in [0, 0.05) is 18.7 Å². The lowest BCUT2D eigenvalue weighted by atomic mass is 10.1. The Labute approximate surface area is 123 Å². The van der Waals surface area contributed by atoms with Crippen LogP contribution in [-0.4, -0.2) is 36.1 Å². The summed E-state index contributed by atoms with van der Waals surface area (Å²) in [7, 11) is 0. The van der Waals surface area contributed by atoms with Crippen molar-refractivity contribution in [2.45, 2.75) is 19.3 Å². The Morgan fingerprint density at radius 1 is 1.20 bits per heavy atom. The number of nitrogens with zero attached hydrogens (tertiary/aromatic N) is 1. The largest absolute Gasteiger partial charge is 0.389 e. The molecule has 110 valence electrons. The topological polar surface area (TPSA) is 41.3 Å². The van der Waals surface area contributed by atoms with E-state index < -0.39 is 11.6 Å². The standard InChI is InChI=1S/C14H19F2N3S/c15-11-8-10(14(17)20)9-12(16)13(11)18-4-7-19-5-2-1-3-6-19/h8-9,18H,1-7H2,(H2,17,20). The van der Waals surface area contributed by atoms with Crippen molar-refractivity contribution >= 4 is 22.9 Å². The van der Waals surface area contributed by atoms with E-state index in [0.29, 0.717) is 6.54 Å². The van der Waals surface area contributed by atoms with Gasteiger partial charge in [-0.15, -0.1) is 0 Å². The summed E-state index contributed by atoms with van der Waals surface area (Å²) in [5.74, 6) is -1.32. The number of likely N-dealkylation sites (tertiary alicyclic amines) is 1. The van der Waals surface area contributed by atoms with Crippen molar-refractivity contribution in [3.63, 3.8) is 0 Å². The summed E-state index contributed by atoms with van der Waals surface area (Å²) < 4.78 is 27.6. The van der Waals surface area contributed by atoms with Crippen LogP contribution in [0.15, 0.2) is 12.1 Å². The van der Waals surface area contributed by atoms with E-state index in [0.717, 1.165) is 31.8 Å². The maximum atomic E-state index is 13.8. The first kappa shape index (κ1) is 15.1. The maximum Gasteiger partial charge on any atom is 0.150 e. The van der Waals surface area contributed by atoms with Gasteiger partial charge in [-0.25, -0.2) is 8.78 Å². The van der Waals surface area contributed by atoms with Crippen LogP contribution >= 0.6 is 12.2 Å². The molecule has 0 radical (unpaired) electrons. The van der Waals surface area contributed by atoms with E-state index in [9.17, 15) is 8.78 Å². The Morgan fingerprint density at radius 2 is 1.80 bits per heavy atom. The Hall–Kier alpha value is -1.27. The Bertz CT molecular complexity index is 464. The van der Waals surface area contributed by atoms with E-state index in [4.69, 9.17) is 18.0 Å². The molecule has 3 nitrogen and oxygen atoms in total. The minimum atomic E-state index is -0.661. The van der Waals surface area contributed by atoms with Crippen molar-refractivity contribution in [1.29, 1.82) is 0 Å². The Kier molecular flexibility index (Phi) is 5.25. The highest BCUT2D eigenvalue weighted by Crippen LogP contribution is 2.20. The normalized spacial score (nSPS) is 16.1. The molecule has 0 amide bonds. The zero-order chi connectivity index (χ0) is 14.5. The third kappa shape index (κ3) is 3.86. The second kappa shape index (κ2) is 6.95. The summed E-state index contributed by atoms with van der Waals surface area (Å²) >= 11 is 4.71. The average Bonchev–Trinajstić information content (AvgIpc) is 2.42. The summed E-state index contributed by atoms with van der Waals surface area (Å²) in [5.41, 5.74) is 5.47. The average molecular weight is 299 g/mol. The molecule has 0 aromatic heterocycles. The molecule has 1 aromatic rings. The number of piperidine rings is 1. The predicted octanol–water partition coefficient (Wildman–Crippen LogP) is 2.50. The number of halogens is 2. The fraction of sp³-hybridized carbons (Fsp3) is 0.500. The van der Waals surface area contributed by atoms with Gasteiger partial charge >= 0.3 is 0 Å². The summed E-state index contributed by atoms with van der Waals surface area (Å²) in [6, 6.07) is 2.32. The van der Waals surface area contributed by atoms with E-state index in [1.54, 1.807) is 0 Å². The number of hydrogen-bond donors (Lipinski definition) is 2. The summed E-state index contributed by atoms with van der Waals surface area (Å²) in [6.45, 7) is 3.43. The van der Waals surface area contributed by atoms with Gasteiger partial charge in [0.2, 0.25) is 0 Å². The highest BCUT2D eigenvalue weighted by atomic mass is 32.1. The molecular weight excluding hydrogens is 280 g/mol. The molecule has 0 unspecified atom stereocenters. The first-order valence-corrected chi connectivity index (χ1v) is 7.24. The molecule has 0 bridgehead atoms. The predicted molar refractivity (Wildman–Crippen MR) is 81.0 cm³/mol. The number of nitrogens with one attached hydrogen (secondary N) is 1. The molecular formula is C14H19F2N3S. The second-order valence-corrected chi connectivity index (χ2v) is 5.45. The molecule has 1 aliphatic rings. The summed E-state index contributed by atoms with van der Waals surface area (Å²) in [5, 5.41) is 2.82. The number of anilines is 1. The van der Waals surface area contributed by atoms with Gasteiger partial charge in [-0.2, -0.15) is 0 Å². The van der Waals surface area contributed by atoms with E-state index in [1.165, 1.54) is 19.3 Å². The van der Waals surface area contributed by atoms with Crippen molar-refractivity contribution in [2.24, 2.45) is 5.73 Å². The molecule has 1 heterocycles. The SMILES string of the molecule is NC(=S)c1cc(F)c(NCCN2CCCCC2)c(F)c1. The van der Waals surface area contributed by atoms with Crippen molar-refractivity contribution in [3.8, 4) is 0 Å². The van der Waals surface area contributed by atoms with Crippen molar-refractivity contribution < 1.29 is 8.78 Å². The van der Waals surface area contributed by atoms with Crippen LogP contribution in [0.5, 0.6) is 0 Å². The van der Waals surface area contributed by atoms with Gasteiger partial charge < -0.3 is 16.0 Å². The summed E-state index contributed by atoms with van der Waals surface area (Å²) in [6.07, 6.45) is 3.67. The fourth-order valence-electron chi connectivity index (χ4n) is 2.41. The molecule has 0 aliphatic carbocycles. The third-order valence-electron chi connectivity index (χ3n) is 3.51. The number of thiocarbonyl (C=S) groups is 1. The lowest BCUT2D eigenvalue weighted by molar-refractivity contribution is 0.237. The van der Waals surface area contributed by atoms with E-state index >= 15 is 0 Å². The van der Waals surface area contributed by atoms with E-state index in [1.807, 2.05) is 0 Å². The van der Waals surface area contributed by atoms with Gasteiger partial charge in [0.1, 0.15) is 22.3 Å². The van der Waals surface area contributed by atoms with Gasteiger partial charge in [0.15, 0.2) is 0 Å². The maximum absolute atomic E-state index is 13.8. The van der Waals surface area contributed by atoms with Crippen molar-refractivity contribution in [2.75, 3.05) is 31.5 Å². The lowest BCUT2D eigenvalue weighted by Gasteiger charge is -2.26. The van der Waals surface area contributed by atoms with E-state index in [2.05, 4.69) is 10.2 Å². The minimum absolute atomic E-state index is 0.0114. The first-order valence-electron chi connectivity index (χ1n) is 6.83. The van der Waals surface area contributed by atoms with Crippen LogP contribution in [0.3, 0.4) is 0 Å². The number of rotatable bonds is 5. The van der Waals surface area contributed by atoms with Gasteiger partial charge in [-0.1, -0.05) is 18.6 Å². The molecule has 0 saturated carbocycles. The molecule has 1 aliphatic heterocycles. The van der Waals surface area contributed by atoms with Crippen molar-refractivity contribution in [3.05, 3.63) is 29.3 Å². The van der Waals surface area contributed by atoms with Crippen LogP contribution in [0.4, 0.5) is 14.5 Å². The van der Waals surface area contributed by atoms with Gasteiger partial charge in [-0.3, -0.25) is 0 Å². The quantitative estimate of drug-likeness (QED) is 0.820. The molecule has 6 heteroatoms.